The van der Waals surface area contributed by atoms with Gasteiger partial charge in [-0.1, -0.05) is 19.9 Å². The first-order chi connectivity index (χ1) is 20.3. The van der Waals surface area contributed by atoms with Crippen LogP contribution in [0.3, 0.4) is 0 Å². The number of carbonyl (C=O) groups is 6. The van der Waals surface area contributed by atoms with Gasteiger partial charge >= 0.3 is 11.9 Å². The summed E-state index contributed by atoms with van der Waals surface area (Å²) in [5.41, 5.74) is 0.422. The molecule has 234 valence electrons. The summed E-state index contributed by atoms with van der Waals surface area (Å²) < 4.78 is 15.9. The Labute approximate surface area is 245 Å². The van der Waals surface area contributed by atoms with E-state index in [2.05, 4.69) is 10.6 Å². The predicted octanol–water partition coefficient (Wildman–Crippen LogP) is -1.58. The standard InChI is InChI=1S/C27H33N3O13/c1-13(2)26(40)41-12-14-3-4-16(42-27-23(37)21(35)22(36)24(43-27)25(38)39)15(11-14)29-18(32)7-9-28-17(31)8-10-30-19(33)5-6-20(30)34/h3-6,11,13,21-24,27,35-37H,7-10,12H2,1-2H3,(H,28,31)(H,29,32)(H,38,39)/t21?,22-,23?,24?,27+/m0/s1. The maximum Gasteiger partial charge on any atom is 0.335 e. The second-order valence-electron chi connectivity index (χ2n) is 10.0. The molecule has 3 unspecified atom stereocenters. The number of aliphatic hydroxyl groups excluding tert-OH is 3. The van der Waals surface area contributed by atoms with E-state index in [0.29, 0.717) is 5.56 Å². The highest BCUT2D eigenvalue weighted by Gasteiger charge is 2.48. The smallest absolute Gasteiger partial charge is 0.335 e. The van der Waals surface area contributed by atoms with E-state index in [4.69, 9.17) is 14.2 Å². The van der Waals surface area contributed by atoms with E-state index in [9.17, 15) is 49.2 Å². The number of carboxylic acids is 1. The molecule has 2 aliphatic rings. The van der Waals surface area contributed by atoms with Crippen molar-refractivity contribution in [3.05, 3.63) is 35.9 Å². The Morgan fingerprint density at radius 3 is 2.28 bits per heavy atom. The molecule has 0 aromatic heterocycles. The van der Waals surface area contributed by atoms with Crippen LogP contribution in [0.15, 0.2) is 30.4 Å². The molecule has 0 spiro atoms. The van der Waals surface area contributed by atoms with Crippen molar-refractivity contribution < 1.29 is 63.4 Å². The van der Waals surface area contributed by atoms with Crippen molar-refractivity contribution in [1.82, 2.24) is 10.2 Å². The molecule has 0 bridgehead atoms. The number of rotatable bonds is 13. The first-order valence-corrected chi connectivity index (χ1v) is 13.3. The number of hydrogen-bond acceptors (Lipinski definition) is 12. The molecule has 1 fully saturated rings. The van der Waals surface area contributed by atoms with Crippen LogP contribution in [0.25, 0.3) is 0 Å². The van der Waals surface area contributed by atoms with Gasteiger partial charge in [0, 0.05) is 38.1 Å². The first-order valence-electron chi connectivity index (χ1n) is 13.3. The number of anilines is 1. The average Bonchev–Trinajstić information content (AvgIpc) is 3.27. The fourth-order valence-electron chi connectivity index (χ4n) is 3.94. The van der Waals surface area contributed by atoms with E-state index >= 15 is 0 Å². The maximum absolute atomic E-state index is 12.7. The van der Waals surface area contributed by atoms with Crippen molar-refractivity contribution in [3.63, 3.8) is 0 Å². The molecule has 4 amide bonds. The Hall–Kier alpha value is -4.38. The molecule has 1 saturated heterocycles. The van der Waals surface area contributed by atoms with Crippen molar-refractivity contribution in [3.8, 4) is 5.75 Å². The summed E-state index contributed by atoms with van der Waals surface area (Å²) >= 11 is 0. The minimum absolute atomic E-state index is 0.00346. The molecule has 0 radical (unpaired) electrons. The first kappa shape index (κ1) is 33.1. The van der Waals surface area contributed by atoms with Crippen LogP contribution in [0.1, 0.15) is 32.3 Å². The van der Waals surface area contributed by atoms with Gasteiger partial charge in [0.1, 0.15) is 30.7 Å². The lowest BCUT2D eigenvalue weighted by molar-refractivity contribution is -0.271. The highest BCUT2D eigenvalue weighted by molar-refractivity contribution is 6.13. The predicted molar refractivity (Wildman–Crippen MR) is 143 cm³/mol. The molecule has 16 heteroatoms. The fraction of sp³-hybridized carbons (Fsp3) is 0.481. The third kappa shape index (κ3) is 8.81. The number of aliphatic carboxylic acids is 1. The number of carbonyl (C=O) groups excluding carboxylic acids is 5. The summed E-state index contributed by atoms with van der Waals surface area (Å²) in [5, 5.41) is 44.7. The highest BCUT2D eigenvalue weighted by Crippen LogP contribution is 2.31. The van der Waals surface area contributed by atoms with Gasteiger partial charge in [-0.3, -0.25) is 28.9 Å². The van der Waals surface area contributed by atoms with Crippen molar-refractivity contribution in [2.45, 2.75) is 64.0 Å². The van der Waals surface area contributed by atoms with Crippen LogP contribution in [-0.2, 0) is 44.8 Å². The topological polar surface area (TPSA) is 238 Å². The van der Waals surface area contributed by atoms with Crippen molar-refractivity contribution in [2.24, 2.45) is 5.92 Å². The molecule has 0 aliphatic carbocycles. The van der Waals surface area contributed by atoms with E-state index in [0.717, 1.165) is 17.1 Å². The number of imide groups is 1. The van der Waals surface area contributed by atoms with E-state index in [-0.39, 0.29) is 49.9 Å². The summed E-state index contributed by atoms with van der Waals surface area (Å²) in [5.74, 6) is -4.75. The zero-order chi connectivity index (χ0) is 31.8. The van der Waals surface area contributed by atoms with Crippen molar-refractivity contribution >= 4 is 41.3 Å². The normalized spacial score (nSPS) is 23.3. The number of ether oxygens (including phenoxy) is 3. The van der Waals surface area contributed by atoms with Gasteiger partial charge in [-0.15, -0.1) is 0 Å². The summed E-state index contributed by atoms with van der Waals surface area (Å²) in [7, 11) is 0. The second-order valence-corrected chi connectivity index (χ2v) is 10.0. The van der Waals surface area contributed by atoms with Crippen LogP contribution in [0, 0.1) is 5.92 Å². The molecule has 43 heavy (non-hydrogen) atoms. The van der Waals surface area contributed by atoms with Gasteiger partial charge < -0.3 is 45.3 Å². The Bertz CT molecular complexity index is 1260. The molecule has 1 aromatic rings. The summed E-state index contributed by atoms with van der Waals surface area (Å²) in [4.78, 5) is 72.2. The molecule has 2 heterocycles. The summed E-state index contributed by atoms with van der Waals surface area (Å²) in [6.45, 7) is 2.90. The van der Waals surface area contributed by atoms with Gasteiger partial charge in [-0.2, -0.15) is 0 Å². The SMILES string of the molecule is CC(C)C(=O)OCc1ccc(O[C@@H]2OC(C(=O)O)[C@@H](O)C(O)C2O)c(NC(=O)CCNC(=O)CCN2C(=O)C=CC2=O)c1. The molecule has 2 aliphatic heterocycles. The molecule has 6 N–H and O–H groups in total. The quantitative estimate of drug-likeness (QED) is 0.110. The van der Waals surface area contributed by atoms with E-state index in [1.165, 1.54) is 18.2 Å². The number of aliphatic hydroxyl groups is 3. The number of benzene rings is 1. The molecule has 16 nitrogen and oxygen atoms in total. The van der Waals surface area contributed by atoms with Crippen LogP contribution in [0.5, 0.6) is 5.75 Å². The lowest BCUT2D eigenvalue weighted by Gasteiger charge is -2.38. The van der Waals surface area contributed by atoms with Gasteiger partial charge in [-0.05, 0) is 17.7 Å². The lowest BCUT2D eigenvalue weighted by Crippen LogP contribution is -2.61. The number of nitrogens with one attached hydrogen (secondary N) is 2. The lowest BCUT2D eigenvalue weighted by atomic mass is 9.99. The van der Waals surface area contributed by atoms with Gasteiger partial charge in [0.25, 0.3) is 11.8 Å². The molecule has 0 saturated carbocycles. The van der Waals surface area contributed by atoms with E-state index in [1.807, 2.05) is 0 Å². The number of hydrogen-bond donors (Lipinski definition) is 6. The minimum atomic E-state index is -1.94. The summed E-state index contributed by atoms with van der Waals surface area (Å²) in [6.07, 6.45) is -7.60. The number of amides is 4. The van der Waals surface area contributed by atoms with Crippen LogP contribution >= 0.6 is 0 Å². The second kappa shape index (κ2) is 14.7. The zero-order valence-electron chi connectivity index (χ0n) is 23.3. The molecule has 1 aromatic carbocycles. The van der Waals surface area contributed by atoms with E-state index in [1.54, 1.807) is 13.8 Å². The monoisotopic (exact) mass is 607 g/mol. The van der Waals surface area contributed by atoms with Crippen LogP contribution in [-0.4, -0.2) is 105 Å². The molecule has 5 atom stereocenters. The fourth-order valence-corrected chi connectivity index (χ4v) is 3.94. The molecular formula is C27H33N3O13. The number of carboxylic acid groups (broad SMARTS) is 1. The third-order valence-corrected chi connectivity index (χ3v) is 6.36. The van der Waals surface area contributed by atoms with Gasteiger partial charge in [0.05, 0.1) is 11.6 Å². The number of nitrogens with zero attached hydrogens (tertiary/aromatic N) is 1. The largest absolute Gasteiger partial charge is 0.479 e. The Kier molecular flexibility index (Phi) is 11.3. The van der Waals surface area contributed by atoms with E-state index < -0.39 is 66.3 Å². The average molecular weight is 608 g/mol. The minimum Gasteiger partial charge on any atom is -0.479 e. The maximum atomic E-state index is 12.7. The van der Waals surface area contributed by atoms with Gasteiger partial charge in [0.2, 0.25) is 18.1 Å². The van der Waals surface area contributed by atoms with Crippen molar-refractivity contribution in [2.75, 3.05) is 18.4 Å². The zero-order valence-corrected chi connectivity index (χ0v) is 23.3. The number of esters is 1. The Morgan fingerprint density at radius 2 is 1.65 bits per heavy atom. The molecular weight excluding hydrogens is 574 g/mol. The summed E-state index contributed by atoms with van der Waals surface area (Å²) in [6, 6.07) is 4.20. The van der Waals surface area contributed by atoms with Crippen molar-refractivity contribution in [1.29, 1.82) is 0 Å². The van der Waals surface area contributed by atoms with Gasteiger partial charge in [0.15, 0.2) is 6.10 Å². The Balaban J connectivity index is 1.66. The molecule has 3 rings (SSSR count). The van der Waals surface area contributed by atoms with Gasteiger partial charge in [-0.25, -0.2) is 4.79 Å². The van der Waals surface area contributed by atoms with Crippen LogP contribution in [0.2, 0.25) is 0 Å². The van der Waals surface area contributed by atoms with Crippen LogP contribution in [0.4, 0.5) is 5.69 Å². The van der Waals surface area contributed by atoms with Crippen LogP contribution < -0.4 is 15.4 Å². The third-order valence-electron chi connectivity index (χ3n) is 6.36. The Morgan fingerprint density at radius 1 is 0.977 bits per heavy atom. The highest BCUT2D eigenvalue weighted by atomic mass is 16.7.